The van der Waals surface area contributed by atoms with Gasteiger partial charge in [-0.2, -0.15) is 0 Å². The van der Waals surface area contributed by atoms with Gasteiger partial charge in [-0.3, -0.25) is 18.7 Å². The number of aryl methyl sites for hydroxylation is 1. The molecule has 0 aliphatic heterocycles. The van der Waals surface area contributed by atoms with Crippen molar-refractivity contribution in [1.29, 1.82) is 0 Å². The van der Waals surface area contributed by atoms with Crippen LogP contribution in [0, 0.1) is 0 Å². The van der Waals surface area contributed by atoms with Gasteiger partial charge in [0.15, 0.2) is 11.2 Å². The molecule has 0 atom stereocenters. The number of rotatable bonds is 5. The number of imidazole rings is 1. The van der Waals surface area contributed by atoms with Crippen LogP contribution in [0.3, 0.4) is 0 Å². The highest BCUT2D eigenvalue weighted by Gasteiger charge is 2.16. The van der Waals surface area contributed by atoms with Crippen molar-refractivity contribution in [3.05, 3.63) is 92.9 Å². The van der Waals surface area contributed by atoms with Crippen molar-refractivity contribution in [1.82, 2.24) is 18.7 Å². The predicted octanol–water partition coefficient (Wildman–Crippen LogP) is 1.66. The van der Waals surface area contributed by atoms with Gasteiger partial charge in [0, 0.05) is 19.8 Å². The van der Waals surface area contributed by atoms with Crippen LogP contribution in [0.15, 0.2) is 70.5 Å². The Morgan fingerprint density at radius 2 is 1.60 bits per heavy atom. The summed E-state index contributed by atoms with van der Waals surface area (Å²) in [5.74, 6) is -0.291. The fraction of sp³-hybridized carbons (Fsp3) is 0.182. The molecule has 4 aromatic rings. The fourth-order valence-corrected chi connectivity index (χ4v) is 3.41. The average Bonchev–Trinajstić information content (AvgIpc) is 3.16. The van der Waals surface area contributed by atoms with Crippen LogP contribution >= 0.6 is 0 Å². The number of fused-ring (bicyclic) bond motifs is 1. The Balaban J connectivity index is 1.49. The second-order valence-electron chi connectivity index (χ2n) is 7.16. The van der Waals surface area contributed by atoms with Crippen LogP contribution in [0.25, 0.3) is 11.2 Å². The molecule has 0 bridgehead atoms. The minimum Gasteiger partial charge on any atom is -0.325 e. The molecular weight excluding hydrogens is 382 g/mol. The Kier molecular flexibility index (Phi) is 5.05. The van der Waals surface area contributed by atoms with Crippen LogP contribution in [0.2, 0.25) is 0 Å². The Bertz CT molecular complexity index is 1330. The van der Waals surface area contributed by atoms with Crippen LogP contribution in [0.5, 0.6) is 0 Å². The Labute approximate surface area is 172 Å². The molecular formula is C22H21N5O3. The van der Waals surface area contributed by atoms with Gasteiger partial charge in [-0.05, 0) is 29.7 Å². The highest BCUT2D eigenvalue weighted by Crippen LogP contribution is 2.14. The molecule has 2 heterocycles. The number of aromatic nitrogens is 4. The van der Waals surface area contributed by atoms with E-state index < -0.39 is 11.2 Å². The molecule has 0 aliphatic carbocycles. The lowest BCUT2D eigenvalue weighted by atomic mass is 10.0. The van der Waals surface area contributed by atoms with Crippen molar-refractivity contribution < 1.29 is 4.79 Å². The van der Waals surface area contributed by atoms with Crippen molar-refractivity contribution in [2.24, 2.45) is 14.1 Å². The van der Waals surface area contributed by atoms with Crippen LogP contribution < -0.4 is 16.6 Å². The third-order valence-corrected chi connectivity index (χ3v) is 5.02. The highest BCUT2D eigenvalue weighted by molar-refractivity contribution is 5.91. The minimum absolute atomic E-state index is 0.0876. The van der Waals surface area contributed by atoms with E-state index in [0.717, 1.165) is 16.6 Å². The number of hydrogen-bond donors (Lipinski definition) is 1. The van der Waals surface area contributed by atoms with E-state index in [4.69, 9.17) is 0 Å². The van der Waals surface area contributed by atoms with Crippen molar-refractivity contribution in [2.75, 3.05) is 5.32 Å². The topological polar surface area (TPSA) is 90.9 Å². The predicted molar refractivity (Wildman–Crippen MR) is 115 cm³/mol. The summed E-state index contributed by atoms with van der Waals surface area (Å²) in [6.45, 7) is -0.0876. The van der Waals surface area contributed by atoms with Gasteiger partial charge >= 0.3 is 5.69 Å². The van der Waals surface area contributed by atoms with E-state index in [0.29, 0.717) is 5.69 Å². The number of hydrogen-bond acceptors (Lipinski definition) is 4. The summed E-state index contributed by atoms with van der Waals surface area (Å²) >= 11 is 0. The molecule has 0 saturated heterocycles. The summed E-state index contributed by atoms with van der Waals surface area (Å²) in [5.41, 5.74) is 2.55. The molecule has 8 nitrogen and oxygen atoms in total. The van der Waals surface area contributed by atoms with Gasteiger partial charge in [0.2, 0.25) is 5.91 Å². The molecule has 4 rings (SSSR count). The normalized spacial score (nSPS) is 11.0. The minimum atomic E-state index is -0.483. The van der Waals surface area contributed by atoms with Gasteiger partial charge in [0.05, 0.1) is 6.33 Å². The van der Waals surface area contributed by atoms with Crippen molar-refractivity contribution in [2.45, 2.75) is 13.0 Å². The first-order valence-corrected chi connectivity index (χ1v) is 9.47. The molecule has 2 aromatic carbocycles. The lowest BCUT2D eigenvalue weighted by Crippen LogP contribution is -2.37. The molecule has 1 N–H and O–H groups in total. The molecule has 0 unspecified atom stereocenters. The fourth-order valence-electron chi connectivity index (χ4n) is 3.41. The first-order valence-electron chi connectivity index (χ1n) is 9.47. The number of amides is 1. The summed E-state index contributed by atoms with van der Waals surface area (Å²) in [4.78, 5) is 41.1. The van der Waals surface area contributed by atoms with Crippen LogP contribution in [0.1, 0.15) is 11.1 Å². The lowest BCUT2D eigenvalue weighted by Gasteiger charge is -2.09. The number of benzene rings is 2. The van der Waals surface area contributed by atoms with Gasteiger partial charge in [-0.1, -0.05) is 42.5 Å². The highest BCUT2D eigenvalue weighted by atomic mass is 16.2. The molecule has 8 heteroatoms. The lowest BCUT2D eigenvalue weighted by molar-refractivity contribution is -0.116. The SMILES string of the molecule is Cn1c(=O)c2c(ncn2CC(=O)Nc2ccc(Cc3ccccc3)cc2)n(C)c1=O. The monoisotopic (exact) mass is 403 g/mol. The van der Waals surface area contributed by atoms with Gasteiger partial charge in [0.25, 0.3) is 5.56 Å². The number of nitrogens with one attached hydrogen (secondary N) is 1. The van der Waals surface area contributed by atoms with E-state index in [1.54, 1.807) is 7.05 Å². The Hall–Kier alpha value is -3.94. The molecule has 1 amide bonds. The smallest absolute Gasteiger partial charge is 0.325 e. The second kappa shape index (κ2) is 7.82. The van der Waals surface area contributed by atoms with Gasteiger partial charge < -0.3 is 9.88 Å². The zero-order chi connectivity index (χ0) is 21.3. The average molecular weight is 403 g/mol. The maximum Gasteiger partial charge on any atom is 0.332 e. The number of carbonyl (C=O) groups is 1. The van der Waals surface area contributed by atoms with Crippen molar-refractivity contribution >= 4 is 22.8 Å². The maximum atomic E-state index is 12.5. The molecule has 0 aliphatic rings. The second-order valence-corrected chi connectivity index (χ2v) is 7.16. The third-order valence-electron chi connectivity index (χ3n) is 5.02. The van der Waals surface area contributed by atoms with Crippen molar-refractivity contribution in [3.63, 3.8) is 0 Å². The van der Waals surface area contributed by atoms with E-state index in [-0.39, 0.29) is 23.6 Å². The van der Waals surface area contributed by atoms with E-state index in [1.165, 1.54) is 28.1 Å². The van der Waals surface area contributed by atoms with E-state index in [2.05, 4.69) is 22.4 Å². The zero-order valence-electron chi connectivity index (χ0n) is 16.7. The van der Waals surface area contributed by atoms with Gasteiger partial charge in [0.1, 0.15) is 6.54 Å². The van der Waals surface area contributed by atoms with Gasteiger partial charge in [-0.15, -0.1) is 0 Å². The summed E-state index contributed by atoms with van der Waals surface area (Å²) in [5, 5.41) is 2.83. The first kappa shape index (κ1) is 19.4. The summed E-state index contributed by atoms with van der Waals surface area (Å²) in [6, 6.07) is 17.8. The third kappa shape index (κ3) is 3.67. The van der Waals surface area contributed by atoms with Crippen LogP contribution in [-0.2, 0) is 31.9 Å². The van der Waals surface area contributed by atoms with Crippen LogP contribution in [-0.4, -0.2) is 24.6 Å². The number of anilines is 1. The zero-order valence-corrected chi connectivity index (χ0v) is 16.7. The molecule has 2 aromatic heterocycles. The standard InChI is InChI=1S/C22H21N5O3/c1-25-20-19(21(29)26(2)22(25)30)27(14-23-20)13-18(28)24-17-10-8-16(9-11-17)12-15-6-4-3-5-7-15/h3-11,14H,12-13H2,1-2H3,(H,24,28). The van der Waals surface area contributed by atoms with Gasteiger partial charge in [-0.25, -0.2) is 9.78 Å². The summed E-state index contributed by atoms with van der Waals surface area (Å²) in [6.07, 6.45) is 2.21. The number of nitrogens with zero attached hydrogens (tertiary/aromatic N) is 4. The van der Waals surface area contributed by atoms with E-state index in [9.17, 15) is 14.4 Å². The molecule has 0 radical (unpaired) electrons. The Morgan fingerprint density at radius 1 is 0.933 bits per heavy atom. The van der Waals surface area contributed by atoms with Crippen molar-refractivity contribution in [3.8, 4) is 0 Å². The molecule has 30 heavy (non-hydrogen) atoms. The molecule has 0 saturated carbocycles. The first-order chi connectivity index (χ1) is 14.4. The van der Waals surface area contributed by atoms with E-state index >= 15 is 0 Å². The largest absolute Gasteiger partial charge is 0.332 e. The molecule has 0 fully saturated rings. The summed E-state index contributed by atoms with van der Waals surface area (Å²) < 4.78 is 3.75. The molecule has 0 spiro atoms. The quantitative estimate of drug-likeness (QED) is 0.549. The Morgan fingerprint density at radius 3 is 2.30 bits per heavy atom. The maximum absolute atomic E-state index is 12.5. The summed E-state index contributed by atoms with van der Waals surface area (Å²) in [7, 11) is 2.94. The van der Waals surface area contributed by atoms with Crippen LogP contribution in [0.4, 0.5) is 5.69 Å². The number of carbonyl (C=O) groups excluding carboxylic acids is 1. The van der Waals surface area contributed by atoms with E-state index in [1.807, 2.05) is 42.5 Å². The molecule has 152 valence electrons.